The highest BCUT2D eigenvalue weighted by atomic mass is 79.9. The molecule has 1 fully saturated rings. The van der Waals surface area contributed by atoms with Crippen LogP contribution in [0, 0.1) is 5.92 Å². The Morgan fingerprint density at radius 2 is 1.81 bits per heavy atom. The summed E-state index contributed by atoms with van der Waals surface area (Å²) in [5, 5.41) is 10.7. The predicted molar refractivity (Wildman–Crippen MR) is 114 cm³/mol. The normalized spacial score (nSPS) is 19.2. The van der Waals surface area contributed by atoms with Crippen molar-refractivity contribution >= 4 is 21.9 Å². The quantitative estimate of drug-likeness (QED) is 0.442. The summed E-state index contributed by atoms with van der Waals surface area (Å²) in [6.07, 6.45) is -4.82. The molecule has 0 bridgehead atoms. The van der Waals surface area contributed by atoms with E-state index in [0.717, 1.165) is 12.0 Å². The fourth-order valence-corrected chi connectivity index (χ4v) is 3.99. The topological polar surface area (TPSA) is 65.0 Å². The van der Waals surface area contributed by atoms with E-state index in [0.29, 0.717) is 15.8 Å². The molecule has 0 radical (unpaired) electrons. The maximum absolute atomic E-state index is 12.3. The molecule has 1 aliphatic rings. The summed E-state index contributed by atoms with van der Waals surface area (Å²) in [5.41, 5.74) is 0.363. The lowest BCUT2D eigenvalue weighted by Gasteiger charge is -2.25. The van der Waals surface area contributed by atoms with Crippen molar-refractivity contribution in [1.29, 1.82) is 0 Å². The van der Waals surface area contributed by atoms with Gasteiger partial charge in [-0.2, -0.15) is 0 Å². The zero-order valence-electron chi connectivity index (χ0n) is 17.8. The molecular formula is C23H24BrF3O5. The SMILES string of the molecule is CCOC(=O)C(C)(C)Oc1ccc(C2CC2C(O)c2ccc(OC(F)(F)F)cc2)cc1Br. The van der Waals surface area contributed by atoms with Crippen LogP contribution in [0.4, 0.5) is 13.2 Å². The van der Waals surface area contributed by atoms with Gasteiger partial charge in [-0.05, 0) is 90.4 Å². The average Bonchev–Trinajstić information content (AvgIpc) is 3.49. The number of hydrogen-bond donors (Lipinski definition) is 1. The number of carbonyl (C=O) groups excluding carboxylic acids is 1. The Labute approximate surface area is 192 Å². The van der Waals surface area contributed by atoms with Crippen LogP contribution in [0.15, 0.2) is 46.9 Å². The van der Waals surface area contributed by atoms with Gasteiger partial charge in [0.15, 0.2) is 5.60 Å². The molecular weight excluding hydrogens is 493 g/mol. The first-order chi connectivity index (χ1) is 14.9. The Balaban J connectivity index is 1.64. The molecule has 1 saturated carbocycles. The lowest BCUT2D eigenvalue weighted by molar-refractivity contribution is -0.274. The molecule has 5 nitrogen and oxygen atoms in total. The average molecular weight is 517 g/mol. The largest absolute Gasteiger partial charge is 0.573 e. The van der Waals surface area contributed by atoms with Crippen LogP contribution in [-0.4, -0.2) is 29.6 Å². The van der Waals surface area contributed by atoms with E-state index in [1.807, 2.05) is 12.1 Å². The lowest BCUT2D eigenvalue weighted by Crippen LogP contribution is -2.39. The maximum Gasteiger partial charge on any atom is 0.573 e. The van der Waals surface area contributed by atoms with Crippen LogP contribution in [0.2, 0.25) is 0 Å². The number of halogens is 4. The van der Waals surface area contributed by atoms with Gasteiger partial charge in [0, 0.05) is 0 Å². The van der Waals surface area contributed by atoms with E-state index >= 15 is 0 Å². The van der Waals surface area contributed by atoms with E-state index in [1.165, 1.54) is 24.3 Å². The van der Waals surface area contributed by atoms with Gasteiger partial charge in [-0.15, -0.1) is 13.2 Å². The number of aliphatic hydroxyl groups is 1. The van der Waals surface area contributed by atoms with Crippen molar-refractivity contribution in [2.75, 3.05) is 6.61 Å². The van der Waals surface area contributed by atoms with Crippen molar-refractivity contribution < 1.29 is 37.3 Å². The second-order valence-corrected chi connectivity index (χ2v) is 8.94. The van der Waals surface area contributed by atoms with Gasteiger partial charge in [0.1, 0.15) is 11.5 Å². The molecule has 1 aliphatic carbocycles. The first kappa shape index (κ1) is 24.4. The minimum atomic E-state index is -4.75. The predicted octanol–water partition coefficient (Wildman–Crippen LogP) is 5.91. The van der Waals surface area contributed by atoms with E-state index in [1.54, 1.807) is 26.8 Å². The molecule has 3 unspecified atom stereocenters. The van der Waals surface area contributed by atoms with Crippen molar-refractivity contribution in [3.8, 4) is 11.5 Å². The highest BCUT2D eigenvalue weighted by Crippen LogP contribution is 2.54. The van der Waals surface area contributed by atoms with Crippen LogP contribution < -0.4 is 9.47 Å². The molecule has 2 aromatic carbocycles. The third-order valence-corrected chi connectivity index (χ3v) is 5.84. The van der Waals surface area contributed by atoms with Gasteiger partial charge in [0.2, 0.25) is 0 Å². The fraction of sp³-hybridized carbons (Fsp3) is 0.435. The van der Waals surface area contributed by atoms with Gasteiger partial charge in [-0.25, -0.2) is 4.79 Å². The van der Waals surface area contributed by atoms with Crippen LogP contribution in [0.5, 0.6) is 11.5 Å². The smallest absolute Gasteiger partial charge is 0.475 e. The van der Waals surface area contributed by atoms with Gasteiger partial charge in [0.05, 0.1) is 17.2 Å². The van der Waals surface area contributed by atoms with Crippen LogP contribution in [0.1, 0.15) is 50.3 Å². The molecule has 9 heteroatoms. The number of rotatable bonds is 8. The van der Waals surface area contributed by atoms with E-state index in [4.69, 9.17) is 9.47 Å². The number of benzene rings is 2. The summed E-state index contributed by atoms with van der Waals surface area (Å²) >= 11 is 3.47. The van der Waals surface area contributed by atoms with Gasteiger partial charge in [-0.3, -0.25) is 0 Å². The van der Waals surface area contributed by atoms with Gasteiger partial charge in [0.25, 0.3) is 0 Å². The molecule has 32 heavy (non-hydrogen) atoms. The standard InChI is InChI=1S/C23H24BrF3O5/c1-4-30-21(29)22(2,3)32-19-10-7-14(11-18(19)24)16-12-17(16)20(28)13-5-8-15(9-6-13)31-23(25,26)27/h5-11,16-17,20,28H,4,12H2,1-3H3. The van der Waals surface area contributed by atoms with Gasteiger partial charge < -0.3 is 19.3 Å². The molecule has 0 spiro atoms. The fourth-order valence-electron chi connectivity index (χ4n) is 3.51. The van der Waals surface area contributed by atoms with E-state index in [9.17, 15) is 23.1 Å². The van der Waals surface area contributed by atoms with Crippen molar-refractivity contribution in [2.24, 2.45) is 5.92 Å². The number of carbonyl (C=O) groups is 1. The molecule has 174 valence electrons. The molecule has 1 N–H and O–H groups in total. The van der Waals surface area contributed by atoms with E-state index in [-0.39, 0.29) is 24.2 Å². The molecule has 0 saturated heterocycles. The summed E-state index contributed by atoms with van der Waals surface area (Å²) in [4.78, 5) is 12.1. The Bertz CT molecular complexity index is 959. The summed E-state index contributed by atoms with van der Waals surface area (Å²) in [6.45, 7) is 5.24. The molecule has 0 amide bonds. The van der Waals surface area contributed by atoms with Crippen LogP contribution in [0.25, 0.3) is 0 Å². The third-order valence-electron chi connectivity index (χ3n) is 5.22. The lowest BCUT2D eigenvalue weighted by atomic mass is 10.0. The highest BCUT2D eigenvalue weighted by molar-refractivity contribution is 9.10. The molecule has 0 aliphatic heterocycles. The maximum atomic E-state index is 12.3. The Kier molecular flexibility index (Phi) is 7.09. The Morgan fingerprint density at radius 1 is 1.16 bits per heavy atom. The summed E-state index contributed by atoms with van der Waals surface area (Å²) in [7, 11) is 0. The zero-order valence-corrected chi connectivity index (χ0v) is 19.4. The molecule has 2 aromatic rings. The van der Waals surface area contributed by atoms with Crippen LogP contribution in [0.3, 0.4) is 0 Å². The van der Waals surface area contributed by atoms with Gasteiger partial charge in [-0.1, -0.05) is 18.2 Å². The molecule has 0 heterocycles. The summed E-state index contributed by atoms with van der Waals surface area (Å²) < 4.78 is 52.3. The van der Waals surface area contributed by atoms with Gasteiger partial charge >= 0.3 is 12.3 Å². The monoisotopic (exact) mass is 516 g/mol. The molecule has 0 aromatic heterocycles. The molecule has 3 rings (SSSR count). The van der Waals surface area contributed by atoms with Crippen LogP contribution in [-0.2, 0) is 9.53 Å². The van der Waals surface area contributed by atoms with Crippen LogP contribution >= 0.6 is 15.9 Å². The molecule has 3 atom stereocenters. The van der Waals surface area contributed by atoms with Crippen molar-refractivity contribution in [3.05, 3.63) is 58.1 Å². The van der Waals surface area contributed by atoms with Crippen molar-refractivity contribution in [2.45, 2.75) is 51.2 Å². The first-order valence-corrected chi connectivity index (χ1v) is 10.9. The first-order valence-electron chi connectivity index (χ1n) is 10.1. The Hall–Kier alpha value is -2.26. The zero-order chi connectivity index (χ0) is 23.7. The second kappa shape index (κ2) is 9.31. The van der Waals surface area contributed by atoms with Crippen molar-refractivity contribution in [1.82, 2.24) is 0 Å². The number of hydrogen-bond acceptors (Lipinski definition) is 5. The van der Waals surface area contributed by atoms with Crippen molar-refractivity contribution in [3.63, 3.8) is 0 Å². The van der Waals surface area contributed by atoms with E-state index < -0.39 is 24.0 Å². The summed E-state index contributed by atoms with van der Waals surface area (Å²) in [5.74, 6) is -0.262. The van der Waals surface area contributed by atoms with E-state index in [2.05, 4.69) is 20.7 Å². The Morgan fingerprint density at radius 3 is 2.38 bits per heavy atom. The number of alkyl halides is 3. The number of esters is 1. The third kappa shape index (κ3) is 5.95. The minimum absolute atomic E-state index is 0.0565. The minimum Gasteiger partial charge on any atom is -0.475 e. The second-order valence-electron chi connectivity index (χ2n) is 8.09. The highest BCUT2D eigenvalue weighted by Gasteiger charge is 2.44. The number of ether oxygens (including phenoxy) is 3. The summed E-state index contributed by atoms with van der Waals surface area (Å²) in [6, 6.07) is 10.8. The number of aliphatic hydroxyl groups excluding tert-OH is 1.